The molecule has 0 saturated heterocycles. The van der Waals surface area contributed by atoms with Gasteiger partial charge in [-0.1, -0.05) is 6.92 Å². The van der Waals surface area contributed by atoms with Crippen LogP contribution in [-0.4, -0.2) is 38.0 Å². The molecule has 9 heteroatoms. The van der Waals surface area contributed by atoms with Crippen LogP contribution in [0.25, 0.3) is 5.65 Å². The summed E-state index contributed by atoms with van der Waals surface area (Å²) in [5, 5.41) is 15.2. The molecule has 2 aromatic heterocycles. The summed E-state index contributed by atoms with van der Waals surface area (Å²) in [7, 11) is 0. The Morgan fingerprint density at radius 3 is 2.91 bits per heavy atom. The Kier molecular flexibility index (Phi) is 3.19. The van der Waals surface area contributed by atoms with Gasteiger partial charge in [0.25, 0.3) is 5.91 Å². The number of amides is 1. The first-order valence-corrected chi connectivity index (χ1v) is 7.07. The van der Waals surface area contributed by atoms with Crippen LogP contribution in [0.5, 0.6) is 0 Å². The molecule has 1 aliphatic rings. The lowest BCUT2D eigenvalue weighted by Crippen LogP contribution is -2.32. The average Bonchev–Trinajstić information content (AvgIpc) is 3.08. The van der Waals surface area contributed by atoms with E-state index in [9.17, 15) is 14.9 Å². The van der Waals surface area contributed by atoms with E-state index in [0.29, 0.717) is 24.3 Å². The zero-order valence-corrected chi connectivity index (χ0v) is 12.3. The van der Waals surface area contributed by atoms with Gasteiger partial charge >= 0.3 is 5.69 Å². The molecule has 3 heterocycles. The normalized spacial score (nSPS) is 15.1. The molecule has 0 fully saturated rings. The summed E-state index contributed by atoms with van der Waals surface area (Å²) < 4.78 is 1.44. The van der Waals surface area contributed by atoms with Gasteiger partial charge in [0.05, 0.1) is 4.92 Å². The second kappa shape index (κ2) is 4.93. The molecule has 1 unspecified atom stereocenters. The second-order valence-electron chi connectivity index (χ2n) is 5.35. The molecule has 1 aliphatic heterocycles. The summed E-state index contributed by atoms with van der Waals surface area (Å²) in [5.74, 6) is 0.00139. The third kappa shape index (κ3) is 1.89. The van der Waals surface area contributed by atoms with Crippen molar-refractivity contribution in [3.05, 3.63) is 27.6 Å². The highest BCUT2D eigenvalue weighted by molar-refractivity contribution is 5.95. The van der Waals surface area contributed by atoms with E-state index in [1.807, 2.05) is 0 Å². The van der Waals surface area contributed by atoms with E-state index in [1.54, 1.807) is 0 Å². The highest BCUT2D eigenvalue weighted by atomic mass is 16.6. The number of hydrogen-bond donors (Lipinski definition) is 1. The number of carbonyl (C=O) groups is 1. The van der Waals surface area contributed by atoms with Crippen LogP contribution < -0.4 is 10.6 Å². The lowest BCUT2D eigenvalue weighted by Gasteiger charge is -2.26. The molecule has 0 bridgehead atoms. The maximum Gasteiger partial charge on any atom is 0.333 e. The van der Waals surface area contributed by atoms with Crippen molar-refractivity contribution >= 4 is 23.1 Å². The quantitative estimate of drug-likeness (QED) is 0.662. The van der Waals surface area contributed by atoms with Gasteiger partial charge in [0, 0.05) is 18.2 Å². The third-order valence-corrected chi connectivity index (χ3v) is 4.13. The van der Waals surface area contributed by atoms with E-state index < -0.39 is 10.8 Å². The van der Waals surface area contributed by atoms with Gasteiger partial charge in [0.2, 0.25) is 5.65 Å². The number of fused-ring (bicyclic) bond motifs is 3. The number of anilines is 1. The van der Waals surface area contributed by atoms with Crippen LogP contribution >= 0.6 is 0 Å². The molecular formula is C13H16N6O3. The Labute approximate surface area is 125 Å². The van der Waals surface area contributed by atoms with E-state index in [2.05, 4.69) is 28.8 Å². The van der Waals surface area contributed by atoms with Crippen molar-refractivity contribution in [2.24, 2.45) is 5.73 Å². The Morgan fingerprint density at radius 2 is 2.32 bits per heavy atom. The minimum absolute atomic E-state index is 0.0488. The van der Waals surface area contributed by atoms with E-state index in [0.717, 1.165) is 12.6 Å². The molecule has 0 radical (unpaired) electrons. The number of nitro groups is 1. The van der Waals surface area contributed by atoms with Crippen LogP contribution in [0.2, 0.25) is 0 Å². The van der Waals surface area contributed by atoms with Crippen LogP contribution in [0.4, 0.5) is 11.5 Å². The predicted molar refractivity (Wildman–Crippen MR) is 79.0 cm³/mol. The fourth-order valence-electron chi connectivity index (χ4n) is 2.85. The Hall–Kier alpha value is -2.71. The fraction of sp³-hybridized carbons (Fsp3) is 0.462. The largest absolute Gasteiger partial charge is 0.364 e. The lowest BCUT2D eigenvalue weighted by atomic mass is 10.1. The summed E-state index contributed by atoms with van der Waals surface area (Å²) in [6.45, 7) is 4.82. The van der Waals surface area contributed by atoms with Gasteiger partial charge in [0.15, 0.2) is 0 Å². The topological polar surface area (TPSA) is 120 Å². The van der Waals surface area contributed by atoms with E-state index in [-0.39, 0.29) is 23.1 Å². The molecule has 2 N–H and O–H groups in total. The van der Waals surface area contributed by atoms with Gasteiger partial charge in [-0.3, -0.25) is 14.9 Å². The first-order chi connectivity index (χ1) is 10.5. The van der Waals surface area contributed by atoms with Crippen LogP contribution in [0.3, 0.4) is 0 Å². The molecule has 0 saturated carbocycles. The average molecular weight is 304 g/mol. The minimum atomic E-state index is -0.680. The number of aromatic nitrogens is 3. The molecule has 0 aliphatic carbocycles. The second-order valence-corrected chi connectivity index (χ2v) is 5.35. The van der Waals surface area contributed by atoms with E-state index >= 15 is 0 Å². The zero-order valence-electron chi connectivity index (χ0n) is 12.3. The van der Waals surface area contributed by atoms with Crippen LogP contribution in [0.1, 0.15) is 36.3 Å². The van der Waals surface area contributed by atoms with Crippen LogP contribution in [-0.2, 0) is 6.42 Å². The lowest BCUT2D eigenvalue weighted by molar-refractivity contribution is -0.383. The van der Waals surface area contributed by atoms with Crippen molar-refractivity contribution in [1.82, 2.24) is 14.6 Å². The van der Waals surface area contributed by atoms with Crippen molar-refractivity contribution in [2.75, 3.05) is 11.4 Å². The van der Waals surface area contributed by atoms with Crippen molar-refractivity contribution in [3.63, 3.8) is 0 Å². The molecule has 3 rings (SSSR count). The fourth-order valence-corrected chi connectivity index (χ4v) is 2.85. The maximum absolute atomic E-state index is 11.7. The number of rotatable bonds is 4. The van der Waals surface area contributed by atoms with Crippen molar-refractivity contribution in [3.8, 4) is 0 Å². The summed E-state index contributed by atoms with van der Waals surface area (Å²) in [6, 6.07) is 0.218. The monoisotopic (exact) mass is 304 g/mol. The van der Waals surface area contributed by atoms with E-state index in [4.69, 9.17) is 5.73 Å². The minimum Gasteiger partial charge on any atom is -0.364 e. The molecular weight excluding hydrogens is 288 g/mol. The van der Waals surface area contributed by atoms with Crippen molar-refractivity contribution in [1.29, 1.82) is 0 Å². The smallest absolute Gasteiger partial charge is 0.333 e. The first kappa shape index (κ1) is 14.2. The number of nitrogens with zero attached hydrogens (tertiary/aromatic N) is 5. The first-order valence-electron chi connectivity index (χ1n) is 7.07. The summed E-state index contributed by atoms with van der Waals surface area (Å²) in [4.78, 5) is 28.4. The number of primary amides is 1. The molecule has 1 amide bonds. The highest BCUT2D eigenvalue weighted by Crippen LogP contribution is 2.34. The zero-order chi connectivity index (χ0) is 16.0. The summed E-state index contributed by atoms with van der Waals surface area (Å²) >= 11 is 0. The van der Waals surface area contributed by atoms with Gasteiger partial charge in [-0.2, -0.15) is 9.61 Å². The van der Waals surface area contributed by atoms with Gasteiger partial charge in [-0.25, -0.2) is 4.98 Å². The Balaban J connectivity index is 2.34. The van der Waals surface area contributed by atoms with Crippen molar-refractivity contribution < 1.29 is 9.72 Å². The van der Waals surface area contributed by atoms with Gasteiger partial charge in [0.1, 0.15) is 17.7 Å². The van der Waals surface area contributed by atoms with Gasteiger partial charge < -0.3 is 10.6 Å². The predicted octanol–water partition coefficient (Wildman–Crippen LogP) is 0.897. The summed E-state index contributed by atoms with van der Waals surface area (Å²) in [5.41, 5.74) is 6.02. The molecule has 9 nitrogen and oxygen atoms in total. The molecule has 0 aromatic carbocycles. The van der Waals surface area contributed by atoms with Gasteiger partial charge in [-0.15, -0.1) is 0 Å². The molecule has 2 aromatic rings. The number of hydrogen-bond acceptors (Lipinski definition) is 6. The standard InChI is InChI=1S/C13H16N6O3/c1-3-7(2)17-5-4-8-10(11(14)20)16-12-9(19(21)22)6-15-18(12)13(8)17/h6-7H,3-5H2,1-2H3,(H2,14,20). The number of carbonyl (C=O) groups excluding carboxylic acids is 1. The Bertz CT molecular complexity index is 784. The number of nitrogens with two attached hydrogens (primary N) is 1. The molecule has 22 heavy (non-hydrogen) atoms. The van der Waals surface area contributed by atoms with E-state index in [1.165, 1.54) is 4.52 Å². The third-order valence-electron chi connectivity index (χ3n) is 4.13. The van der Waals surface area contributed by atoms with Crippen molar-refractivity contribution in [2.45, 2.75) is 32.7 Å². The maximum atomic E-state index is 11.7. The summed E-state index contributed by atoms with van der Waals surface area (Å²) in [6.07, 6.45) is 2.67. The molecule has 116 valence electrons. The molecule has 1 atom stereocenters. The highest BCUT2D eigenvalue weighted by Gasteiger charge is 2.33. The van der Waals surface area contributed by atoms with Crippen LogP contribution in [0.15, 0.2) is 6.20 Å². The Morgan fingerprint density at radius 1 is 1.59 bits per heavy atom. The SMILES string of the molecule is CCC(C)N1CCc2c(C(N)=O)nc3c([N+](=O)[O-])cnn3c21. The molecule has 0 spiro atoms. The van der Waals surface area contributed by atoms with Gasteiger partial charge in [-0.05, 0) is 19.8 Å². The van der Waals surface area contributed by atoms with Crippen LogP contribution in [0, 0.1) is 10.1 Å².